The predicted molar refractivity (Wildman–Crippen MR) is 107 cm³/mol. The fourth-order valence-electron chi connectivity index (χ4n) is 2.35. The van der Waals surface area contributed by atoms with E-state index >= 15 is 0 Å². The maximum Gasteiger partial charge on any atom is 0.408 e. The Kier molecular flexibility index (Phi) is 9.04. The lowest BCUT2D eigenvalue weighted by molar-refractivity contribution is -0.384. The zero-order chi connectivity index (χ0) is 22.0. The molecule has 0 saturated heterocycles. The smallest absolute Gasteiger partial charge is 0.408 e. The number of carbonyl (C=O) groups is 3. The second kappa shape index (κ2) is 11.0. The number of alkyl carbamates (subject to hydrolysis) is 1. The normalized spacial score (nSPS) is 11.9. The van der Waals surface area contributed by atoms with Gasteiger partial charge in [0, 0.05) is 31.3 Å². The Morgan fingerprint density at radius 3 is 2.28 bits per heavy atom. The van der Waals surface area contributed by atoms with Crippen molar-refractivity contribution < 1.29 is 24.0 Å². The highest BCUT2D eigenvalue weighted by Gasteiger charge is 2.24. The maximum atomic E-state index is 12.6. The van der Waals surface area contributed by atoms with Crippen molar-refractivity contribution in [2.75, 3.05) is 11.9 Å². The first-order valence-corrected chi connectivity index (χ1v) is 9.27. The number of ether oxygens (including phenoxy) is 1. The van der Waals surface area contributed by atoms with Crippen LogP contribution in [0.3, 0.4) is 0 Å². The van der Waals surface area contributed by atoms with Crippen LogP contribution in [0.1, 0.15) is 47.0 Å². The number of rotatable bonds is 9. The largest absolute Gasteiger partial charge is 0.444 e. The predicted octanol–water partition coefficient (Wildman–Crippen LogP) is 2.73. The molecule has 1 aromatic rings. The molecule has 3 N–H and O–H groups in total. The molecule has 10 heteroatoms. The van der Waals surface area contributed by atoms with Crippen LogP contribution in [0.5, 0.6) is 0 Å². The number of anilines is 1. The second-order valence-electron chi connectivity index (χ2n) is 7.47. The molecule has 0 fully saturated rings. The van der Waals surface area contributed by atoms with E-state index in [4.69, 9.17) is 4.74 Å². The summed E-state index contributed by atoms with van der Waals surface area (Å²) in [6, 6.07) is 4.52. The van der Waals surface area contributed by atoms with E-state index in [0.29, 0.717) is 31.5 Å². The zero-order valence-electron chi connectivity index (χ0n) is 17.1. The van der Waals surface area contributed by atoms with Gasteiger partial charge in [-0.05, 0) is 52.2 Å². The average Bonchev–Trinajstić information content (AvgIpc) is 2.59. The van der Waals surface area contributed by atoms with Crippen molar-refractivity contribution in [2.24, 2.45) is 0 Å². The lowest BCUT2D eigenvalue weighted by Gasteiger charge is -2.23. The van der Waals surface area contributed by atoms with E-state index in [1.807, 2.05) is 0 Å². The number of hydrogen-bond donors (Lipinski definition) is 3. The molecule has 0 spiro atoms. The Morgan fingerprint density at radius 2 is 1.76 bits per heavy atom. The summed E-state index contributed by atoms with van der Waals surface area (Å²) in [5.41, 5.74) is -0.436. The van der Waals surface area contributed by atoms with Gasteiger partial charge < -0.3 is 20.7 Å². The van der Waals surface area contributed by atoms with Crippen molar-refractivity contribution >= 4 is 29.3 Å². The first kappa shape index (κ1) is 23.9. The molecule has 0 aromatic heterocycles. The van der Waals surface area contributed by atoms with Gasteiger partial charge in [-0.25, -0.2) is 4.79 Å². The summed E-state index contributed by atoms with van der Waals surface area (Å²) in [7, 11) is 0. The first-order valence-electron chi connectivity index (χ1n) is 9.27. The molecule has 160 valence electrons. The molecule has 0 heterocycles. The lowest BCUT2D eigenvalue weighted by atomic mass is 10.1. The van der Waals surface area contributed by atoms with Crippen LogP contribution < -0.4 is 16.0 Å². The fourth-order valence-corrected chi connectivity index (χ4v) is 2.35. The molecule has 29 heavy (non-hydrogen) atoms. The number of non-ortho nitro benzene ring substituents is 1. The quantitative estimate of drug-likeness (QED) is 0.326. The maximum absolute atomic E-state index is 12.6. The summed E-state index contributed by atoms with van der Waals surface area (Å²) in [4.78, 5) is 45.8. The first-order chi connectivity index (χ1) is 13.5. The average molecular weight is 408 g/mol. The van der Waals surface area contributed by atoms with Crippen LogP contribution in [0.4, 0.5) is 16.2 Å². The number of nitrogens with zero attached hydrogens (tertiary/aromatic N) is 1. The number of nitrogens with one attached hydrogen (secondary N) is 3. The number of benzene rings is 1. The van der Waals surface area contributed by atoms with Crippen molar-refractivity contribution in [3.8, 4) is 0 Å². The van der Waals surface area contributed by atoms with Gasteiger partial charge >= 0.3 is 6.09 Å². The van der Waals surface area contributed by atoms with Crippen molar-refractivity contribution in [3.05, 3.63) is 34.4 Å². The number of nitro groups is 1. The number of unbranched alkanes of at least 4 members (excludes halogenated alkanes) is 1. The Labute approximate surface area is 169 Å². The molecule has 0 saturated carbocycles. The summed E-state index contributed by atoms with van der Waals surface area (Å²) in [6.45, 7) is 7.03. The third kappa shape index (κ3) is 10.1. The number of hydrogen-bond acceptors (Lipinski definition) is 6. The topological polar surface area (TPSA) is 140 Å². The van der Waals surface area contributed by atoms with E-state index < -0.39 is 28.6 Å². The molecule has 0 bridgehead atoms. The highest BCUT2D eigenvalue weighted by molar-refractivity contribution is 5.96. The molecule has 3 amide bonds. The van der Waals surface area contributed by atoms with Crippen LogP contribution in [0.25, 0.3) is 0 Å². The van der Waals surface area contributed by atoms with Crippen molar-refractivity contribution in [1.82, 2.24) is 10.6 Å². The van der Waals surface area contributed by atoms with Crippen LogP contribution in [-0.4, -0.2) is 41.0 Å². The van der Waals surface area contributed by atoms with Gasteiger partial charge in [-0.3, -0.25) is 19.7 Å². The molecule has 1 aromatic carbocycles. The molecule has 1 atom stereocenters. The minimum atomic E-state index is -0.864. The van der Waals surface area contributed by atoms with Crippen LogP contribution in [0, 0.1) is 10.1 Å². The number of nitro benzene ring substituents is 1. The standard InChI is InChI=1S/C19H28N4O6/c1-13(24)20-12-6-5-7-16(22-18(26)29-19(2,3)4)17(25)21-14-8-10-15(11-9-14)23(27)28/h8-11,16H,5-7,12H2,1-4H3,(H,20,24)(H,21,25)(H,22,26)/t16-/m0/s1. The van der Waals surface area contributed by atoms with Crippen molar-refractivity contribution in [1.29, 1.82) is 0 Å². The van der Waals surface area contributed by atoms with Gasteiger partial charge in [-0.15, -0.1) is 0 Å². The second-order valence-corrected chi connectivity index (χ2v) is 7.47. The molecule has 0 unspecified atom stereocenters. The van der Waals surface area contributed by atoms with Crippen LogP contribution >= 0.6 is 0 Å². The van der Waals surface area contributed by atoms with E-state index in [-0.39, 0.29) is 11.6 Å². The van der Waals surface area contributed by atoms with E-state index in [1.54, 1.807) is 20.8 Å². The molecule has 10 nitrogen and oxygen atoms in total. The van der Waals surface area contributed by atoms with Gasteiger partial charge in [-0.1, -0.05) is 0 Å². The minimum absolute atomic E-state index is 0.0931. The summed E-state index contributed by atoms with van der Waals surface area (Å²) in [6.07, 6.45) is 0.825. The summed E-state index contributed by atoms with van der Waals surface area (Å²) in [5, 5.41) is 18.6. The van der Waals surface area contributed by atoms with E-state index in [0.717, 1.165) is 0 Å². The zero-order valence-corrected chi connectivity index (χ0v) is 17.1. The van der Waals surface area contributed by atoms with Crippen LogP contribution in [0.2, 0.25) is 0 Å². The van der Waals surface area contributed by atoms with E-state index in [9.17, 15) is 24.5 Å². The minimum Gasteiger partial charge on any atom is -0.444 e. The molecule has 0 aliphatic carbocycles. The highest BCUT2D eigenvalue weighted by Crippen LogP contribution is 2.16. The molecule has 0 aliphatic rings. The SMILES string of the molecule is CC(=O)NCCCC[C@H](NC(=O)OC(C)(C)C)C(=O)Nc1ccc([N+](=O)[O-])cc1. The third-order valence-corrected chi connectivity index (χ3v) is 3.65. The Hall–Kier alpha value is -3.17. The van der Waals surface area contributed by atoms with Gasteiger partial charge in [0.1, 0.15) is 11.6 Å². The summed E-state index contributed by atoms with van der Waals surface area (Å²) in [5.74, 6) is -0.603. The van der Waals surface area contributed by atoms with Gasteiger partial charge in [0.2, 0.25) is 11.8 Å². The van der Waals surface area contributed by atoms with Gasteiger partial charge in [0.05, 0.1) is 4.92 Å². The van der Waals surface area contributed by atoms with E-state index in [1.165, 1.54) is 31.2 Å². The van der Waals surface area contributed by atoms with Gasteiger partial charge in [0.15, 0.2) is 0 Å². The van der Waals surface area contributed by atoms with Gasteiger partial charge in [0.25, 0.3) is 5.69 Å². The molecule has 0 radical (unpaired) electrons. The van der Waals surface area contributed by atoms with Crippen molar-refractivity contribution in [3.63, 3.8) is 0 Å². The van der Waals surface area contributed by atoms with Crippen LogP contribution in [0.15, 0.2) is 24.3 Å². The lowest BCUT2D eigenvalue weighted by Crippen LogP contribution is -2.45. The molecule has 0 aliphatic heterocycles. The van der Waals surface area contributed by atoms with Crippen LogP contribution in [-0.2, 0) is 14.3 Å². The fraction of sp³-hybridized carbons (Fsp3) is 0.526. The summed E-state index contributed by atoms with van der Waals surface area (Å²) >= 11 is 0. The van der Waals surface area contributed by atoms with Crippen molar-refractivity contribution in [2.45, 2.75) is 58.6 Å². The van der Waals surface area contributed by atoms with E-state index in [2.05, 4.69) is 16.0 Å². The number of carbonyl (C=O) groups excluding carboxylic acids is 3. The molecular formula is C19H28N4O6. The Morgan fingerprint density at radius 1 is 1.14 bits per heavy atom. The highest BCUT2D eigenvalue weighted by atomic mass is 16.6. The Bertz CT molecular complexity index is 727. The number of amides is 3. The third-order valence-electron chi connectivity index (χ3n) is 3.65. The molecular weight excluding hydrogens is 380 g/mol. The Balaban J connectivity index is 2.73. The van der Waals surface area contributed by atoms with Gasteiger partial charge in [-0.2, -0.15) is 0 Å². The summed E-state index contributed by atoms with van der Waals surface area (Å²) < 4.78 is 5.21. The monoisotopic (exact) mass is 408 g/mol. The molecule has 1 rings (SSSR count).